The standard InChI is InChI=1S/C8H5Br2F/c9-5-6-1-3-7(10)8(11)4-2-6/h1-3H,5H2. The van der Waals surface area contributed by atoms with Crippen LogP contribution in [0.3, 0.4) is 0 Å². The fourth-order valence-corrected chi connectivity index (χ4v) is 1.21. The van der Waals surface area contributed by atoms with Gasteiger partial charge in [-0.2, -0.15) is 4.39 Å². The second-order valence-electron chi connectivity index (χ2n) is 1.99. The second-order valence-corrected chi connectivity index (χ2v) is 3.41. The summed E-state index contributed by atoms with van der Waals surface area (Å²) in [6.45, 7) is 0. The normalized spacial score (nSPS) is 16.8. The van der Waals surface area contributed by atoms with Gasteiger partial charge in [-0.05, 0) is 33.7 Å². The van der Waals surface area contributed by atoms with Crippen LogP contribution in [0.4, 0.5) is 4.39 Å². The number of halogens is 3. The number of rotatable bonds is 1. The monoisotopic (exact) mass is 278 g/mol. The molecule has 0 saturated carbocycles. The quantitative estimate of drug-likeness (QED) is 0.508. The maximum Gasteiger partial charge on any atom is 0.179 e. The van der Waals surface area contributed by atoms with Crippen molar-refractivity contribution in [2.45, 2.75) is 0 Å². The van der Waals surface area contributed by atoms with E-state index in [9.17, 15) is 4.39 Å². The average Bonchev–Trinajstić information content (AvgIpc) is 2.16. The molecule has 0 atom stereocenters. The molecule has 0 aromatic heterocycles. The zero-order valence-corrected chi connectivity index (χ0v) is 8.75. The molecule has 0 amide bonds. The Kier molecular flexibility index (Phi) is 3.31. The Balaban J connectivity index is 3.04. The molecule has 0 aliphatic heterocycles. The van der Waals surface area contributed by atoms with E-state index in [1.165, 1.54) is 0 Å². The van der Waals surface area contributed by atoms with Crippen molar-refractivity contribution in [2.75, 3.05) is 5.33 Å². The topological polar surface area (TPSA) is 0 Å². The van der Waals surface area contributed by atoms with Gasteiger partial charge < -0.3 is 0 Å². The Morgan fingerprint density at radius 2 is 2.18 bits per heavy atom. The lowest BCUT2D eigenvalue weighted by Gasteiger charge is -1.87. The summed E-state index contributed by atoms with van der Waals surface area (Å²) in [5, 5.41) is 0.712. The molecule has 0 N–H and O–H groups in total. The summed E-state index contributed by atoms with van der Waals surface area (Å²) < 4.78 is 13.2. The largest absolute Gasteiger partial charge is 0.197 e. The number of allylic oxidation sites excluding steroid dienone is 5. The van der Waals surface area contributed by atoms with E-state index in [1.807, 2.05) is 6.08 Å². The van der Waals surface area contributed by atoms with Gasteiger partial charge in [0, 0.05) is 5.33 Å². The molecule has 0 aromatic rings. The van der Waals surface area contributed by atoms with Crippen molar-refractivity contribution >= 4 is 31.9 Å². The predicted molar refractivity (Wildman–Crippen MR) is 51.6 cm³/mol. The number of hydrogen-bond donors (Lipinski definition) is 0. The molecule has 0 fully saturated rings. The van der Waals surface area contributed by atoms with Gasteiger partial charge in [-0.1, -0.05) is 27.7 Å². The molecule has 3 heteroatoms. The van der Waals surface area contributed by atoms with Gasteiger partial charge in [0.2, 0.25) is 0 Å². The SMILES string of the molecule is FC1=C=CC(CBr)=CC=C1Br. The van der Waals surface area contributed by atoms with Crippen molar-refractivity contribution in [1.29, 1.82) is 0 Å². The average molecular weight is 280 g/mol. The lowest BCUT2D eigenvalue weighted by atomic mass is 10.3. The highest BCUT2D eigenvalue weighted by atomic mass is 79.9. The maximum absolute atomic E-state index is 12.8. The zero-order valence-electron chi connectivity index (χ0n) is 5.57. The van der Waals surface area contributed by atoms with E-state index in [1.54, 1.807) is 12.2 Å². The van der Waals surface area contributed by atoms with E-state index < -0.39 is 0 Å². The molecular formula is C8H5Br2F. The zero-order chi connectivity index (χ0) is 8.27. The van der Waals surface area contributed by atoms with Crippen LogP contribution >= 0.6 is 31.9 Å². The molecule has 58 valence electrons. The molecular weight excluding hydrogens is 275 g/mol. The van der Waals surface area contributed by atoms with E-state index in [0.29, 0.717) is 9.81 Å². The summed E-state index contributed by atoms with van der Waals surface area (Å²) in [5.41, 5.74) is 3.50. The fourth-order valence-electron chi connectivity index (χ4n) is 0.610. The molecule has 1 aliphatic rings. The molecule has 0 bridgehead atoms. The molecule has 0 nitrogen and oxygen atoms in total. The van der Waals surface area contributed by atoms with Gasteiger partial charge >= 0.3 is 0 Å². The number of hydrogen-bond acceptors (Lipinski definition) is 0. The first-order valence-electron chi connectivity index (χ1n) is 2.99. The minimum Gasteiger partial charge on any atom is -0.197 e. The van der Waals surface area contributed by atoms with Crippen molar-refractivity contribution in [1.82, 2.24) is 0 Å². The van der Waals surface area contributed by atoms with Crippen LogP contribution in [0.1, 0.15) is 0 Å². The van der Waals surface area contributed by atoms with Gasteiger partial charge in [0.25, 0.3) is 0 Å². The summed E-state index contributed by atoms with van der Waals surface area (Å²) in [6.07, 6.45) is 5.12. The third-order valence-corrected chi connectivity index (χ3v) is 2.45. The van der Waals surface area contributed by atoms with Crippen molar-refractivity contribution in [2.24, 2.45) is 0 Å². The maximum atomic E-state index is 12.8. The van der Waals surface area contributed by atoms with Crippen LogP contribution in [0.2, 0.25) is 0 Å². The van der Waals surface area contributed by atoms with Gasteiger partial charge in [-0.3, -0.25) is 0 Å². The molecule has 0 spiro atoms. The summed E-state index contributed by atoms with van der Waals surface area (Å²) in [5.74, 6) is -0.364. The molecule has 0 heterocycles. The van der Waals surface area contributed by atoms with Crippen molar-refractivity contribution in [3.63, 3.8) is 0 Å². The predicted octanol–water partition coefficient (Wildman–Crippen LogP) is 3.61. The first-order chi connectivity index (χ1) is 5.24. The first kappa shape index (κ1) is 8.98. The Morgan fingerprint density at radius 1 is 1.45 bits per heavy atom. The molecule has 1 aliphatic carbocycles. The molecule has 11 heavy (non-hydrogen) atoms. The van der Waals surface area contributed by atoms with E-state index in [0.717, 1.165) is 5.57 Å². The van der Waals surface area contributed by atoms with Gasteiger partial charge in [-0.25, -0.2) is 0 Å². The van der Waals surface area contributed by atoms with Crippen molar-refractivity contribution in [3.8, 4) is 0 Å². The third-order valence-electron chi connectivity index (χ3n) is 1.19. The van der Waals surface area contributed by atoms with E-state index in [-0.39, 0.29) is 5.83 Å². The fraction of sp³-hybridized carbons (Fsp3) is 0.125. The second kappa shape index (κ2) is 4.05. The van der Waals surface area contributed by atoms with Crippen LogP contribution in [0.5, 0.6) is 0 Å². The highest BCUT2D eigenvalue weighted by molar-refractivity contribution is 9.12. The highest BCUT2D eigenvalue weighted by Gasteiger charge is 2.00. The highest BCUT2D eigenvalue weighted by Crippen LogP contribution is 2.20. The van der Waals surface area contributed by atoms with Gasteiger partial charge in [0.15, 0.2) is 5.83 Å². The molecule has 0 unspecified atom stereocenters. The van der Waals surface area contributed by atoms with Crippen LogP contribution in [0.25, 0.3) is 0 Å². The van der Waals surface area contributed by atoms with Crippen LogP contribution in [0.15, 0.2) is 39.8 Å². The minimum absolute atomic E-state index is 0.364. The first-order valence-corrected chi connectivity index (χ1v) is 4.90. The molecule has 0 radical (unpaired) electrons. The minimum atomic E-state index is -0.364. The van der Waals surface area contributed by atoms with Crippen LogP contribution in [-0.4, -0.2) is 5.33 Å². The molecule has 1 rings (SSSR count). The lowest BCUT2D eigenvalue weighted by molar-refractivity contribution is 0.667. The van der Waals surface area contributed by atoms with Gasteiger partial charge in [0.1, 0.15) is 0 Å². The van der Waals surface area contributed by atoms with E-state index in [4.69, 9.17) is 0 Å². The van der Waals surface area contributed by atoms with E-state index >= 15 is 0 Å². The summed E-state index contributed by atoms with van der Waals surface area (Å²) in [6, 6.07) is 0. The lowest BCUT2D eigenvalue weighted by Crippen LogP contribution is -1.73. The van der Waals surface area contributed by atoms with Crippen molar-refractivity contribution in [3.05, 3.63) is 39.8 Å². The molecule has 0 aromatic carbocycles. The van der Waals surface area contributed by atoms with Crippen molar-refractivity contribution < 1.29 is 4.39 Å². The van der Waals surface area contributed by atoms with Gasteiger partial charge in [0.05, 0.1) is 4.48 Å². The Labute approximate surface area is 81.4 Å². The smallest absolute Gasteiger partial charge is 0.179 e. The number of alkyl halides is 1. The van der Waals surface area contributed by atoms with Crippen LogP contribution in [-0.2, 0) is 0 Å². The summed E-state index contributed by atoms with van der Waals surface area (Å²) in [7, 11) is 0. The third kappa shape index (κ3) is 2.44. The van der Waals surface area contributed by atoms with E-state index in [2.05, 4.69) is 37.6 Å². The van der Waals surface area contributed by atoms with Gasteiger partial charge in [-0.15, -0.1) is 0 Å². The van der Waals surface area contributed by atoms with Crippen LogP contribution in [0, 0.1) is 0 Å². The summed E-state index contributed by atoms with van der Waals surface area (Å²) >= 11 is 6.34. The Hall–Kier alpha value is -0.110. The Morgan fingerprint density at radius 3 is 2.82 bits per heavy atom. The Bertz CT molecular complexity index is 280. The molecule has 0 saturated heterocycles. The summed E-state index contributed by atoms with van der Waals surface area (Å²) in [4.78, 5) is 0. The van der Waals surface area contributed by atoms with Crippen LogP contribution < -0.4 is 0 Å².